The van der Waals surface area contributed by atoms with Crippen molar-refractivity contribution < 1.29 is 4.74 Å². The van der Waals surface area contributed by atoms with E-state index in [4.69, 9.17) is 17.0 Å². The molecule has 0 aliphatic carbocycles. The molecule has 2 rings (SSSR count). The first-order valence-electron chi connectivity index (χ1n) is 5.86. The standard InChI is InChI=1S/C14H16N2OS/c1-9(2)12-8-13(18)16-14(15-12)10-5-4-6-11(7-10)17-3/h4-9H,1-3H3,(H,15,16,18). The van der Waals surface area contributed by atoms with E-state index in [1.807, 2.05) is 30.3 Å². The second kappa shape index (κ2) is 5.31. The number of nitrogens with one attached hydrogen (secondary N) is 1. The molecule has 0 fully saturated rings. The molecule has 3 nitrogen and oxygen atoms in total. The average Bonchev–Trinajstić information content (AvgIpc) is 2.38. The van der Waals surface area contributed by atoms with Crippen LogP contribution in [0.1, 0.15) is 25.5 Å². The number of aromatic nitrogens is 2. The highest BCUT2D eigenvalue weighted by Crippen LogP contribution is 2.22. The van der Waals surface area contributed by atoms with Gasteiger partial charge in [0.15, 0.2) is 0 Å². The van der Waals surface area contributed by atoms with Gasteiger partial charge in [0, 0.05) is 11.3 Å². The predicted molar refractivity (Wildman–Crippen MR) is 75.5 cm³/mol. The largest absolute Gasteiger partial charge is 0.497 e. The van der Waals surface area contributed by atoms with Crippen LogP contribution in [0, 0.1) is 4.64 Å². The molecule has 94 valence electrons. The molecule has 4 heteroatoms. The first-order chi connectivity index (χ1) is 8.60. The van der Waals surface area contributed by atoms with Crippen molar-refractivity contribution in [3.8, 4) is 17.1 Å². The predicted octanol–water partition coefficient (Wildman–Crippen LogP) is 3.94. The number of hydrogen-bond acceptors (Lipinski definition) is 3. The van der Waals surface area contributed by atoms with E-state index in [-0.39, 0.29) is 0 Å². The summed E-state index contributed by atoms with van der Waals surface area (Å²) in [5, 5.41) is 0. The lowest BCUT2D eigenvalue weighted by molar-refractivity contribution is 0.415. The molecule has 1 N–H and O–H groups in total. The lowest BCUT2D eigenvalue weighted by Gasteiger charge is -2.09. The number of nitrogens with zero attached hydrogens (tertiary/aromatic N) is 1. The first-order valence-corrected chi connectivity index (χ1v) is 6.26. The van der Waals surface area contributed by atoms with E-state index in [0.29, 0.717) is 10.6 Å². The zero-order valence-electron chi connectivity index (χ0n) is 10.7. The third-order valence-electron chi connectivity index (χ3n) is 2.73. The van der Waals surface area contributed by atoms with Crippen LogP contribution in [0.25, 0.3) is 11.4 Å². The SMILES string of the molecule is COc1cccc(-c2nc(=S)cc(C(C)C)[nH]2)c1. The Balaban J connectivity index is 2.52. The van der Waals surface area contributed by atoms with Crippen LogP contribution in [0.3, 0.4) is 0 Å². The van der Waals surface area contributed by atoms with Gasteiger partial charge in [-0.1, -0.05) is 38.2 Å². The summed E-state index contributed by atoms with van der Waals surface area (Å²) in [6.45, 7) is 4.24. The number of aromatic amines is 1. The molecule has 0 atom stereocenters. The molecule has 0 amide bonds. The van der Waals surface area contributed by atoms with Crippen molar-refractivity contribution in [2.24, 2.45) is 0 Å². The van der Waals surface area contributed by atoms with E-state index in [2.05, 4.69) is 23.8 Å². The van der Waals surface area contributed by atoms with Gasteiger partial charge in [-0.05, 0) is 24.1 Å². The van der Waals surface area contributed by atoms with Crippen molar-refractivity contribution in [1.82, 2.24) is 9.97 Å². The maximum Gasteiger partial charge on any atom is 0.139 e. The van der Waals surface area contributed by atoms with Crippen LogP contribution in [-0.4, -0.2) is 17.1 Å². The summed E-state index contributed by atoms with van der Waals surface area (Å²) in [4.78, 5) is 7.68. The van der Waals surface area contributed by atoms with Crippen LogP contribution in [0.5, 0.6) is 5.75 Å². The van der Waals surface area contributed by atoms with Crippen LogP contribution >= 0.6 is 12.2 Å². The lowest BCUT2D eigenvalue weighted by Crippen LogP contribution is -1.98. The topological polar surface area (TPSA) is 37.9 Å². The minimum atomic E-state index is 0.388. The van der Waals surface area contributed by atoms with Gasteiger partial charge in [-0.2, -0.15) is 0 Å². The van der Waals surface area contributed by atoms with Gasteiger partial charge in [-0.3, -0.25) is 0 Å². The van der Waals surface area contributed by atoms with Gasteiger partial charge in [-0.15, -0.1) is 0 Å². The van der Waals surface area contributed by atoms with E-state index < -0.39 is 0 Å². The highest BCUT2D eigenvalue weighted by Gasteiger charge is 2.06. The van der Waals surface area contributed by atoms with Crippen molar-refractivity contribution in [2.45, 2.75) is 19.8 Å². The van der Waals surface area contributed by atoms with Gasteiger partial charge in [-0.25, -0.2) is 4.98 Å². The minimum Gasteiger partial charge on any atom is -0.497 e. The Morgan fingerprint density at radius 3 is 2.72 bits per heavy atom. The molecule has 1 heterocycles. The quantitative estimate of drug-likeness (QED) is 0.849. The highest BCUT2D eigenvalue weighted by atomic mass is 32.1. The first kappa shape index (κ1) is 12.8. The second-order valence-corrected chi connectivity index (χ2v) is 4.83. The molecular formula is C14H16N2OS. The van der Waals surface area contributed by atoms with E-state index in [1.54, 1.807) is 7.11 Å². The molecule has 0 saturated carbocycles. The molecule has 1 aromatic heterocycles. The molecule has 0 saturated heterocycles. The summed E-state index contributed by atoms with van der Waals surface area (Å²) in [7, 11) is 1.65. The Labute approximate surface area is 112 Å². The Kier molecular flexibility index (Phi) is 3.77. The van der Waals surface area contributed by atoms with E-state index in [9.17, 15) is 0 Å². The van der Waals surface area contributed by atoms with Crippen molar-refractivity contribution in [3.05, 3.63) is 40.7 Å². The molecule has 0 unspecified atom stereocenters. The molecule has 0 aliphatic heterocycles. The van der Waals surface area contributed by atoms with Crippen molar-refractivity contribution in [2.75, 3.05) is 7.11 Å². The van der Waals surface area contributed by atoms with Crippen LogP contribution in [0.4, 0.5) is 0 Å². The molecule has 18 heavy (non-hydrogen) atoms. The van der Waals surface area contributed by atoms with Gasteiger partial charge in [0.2, 0.25) is 0 Å². The maximum absolute atomic E-state index is 5.22. The summed E-state index contributed by atoms with van der Waals surface area (Å²) in [5.74, 6) is 1.98. The number of rotatable bonds is 3. The highest BCUT2D eigenvalue weighted by molar-refractivity contribution is 7.71. The lowest BCUT2D eigenvalue weighted by atomic mass is 10.1. The fourth-order valence-corrected chi connectivity index (χ4v) is 1.91. The maximum atomic E-state index is 5.22. The number of benzene rings is 1. The summed E-state index contributed by atoms with van der Waals surface area (Å²) in [6, 6.07) is 9.68. The smallest absolute Gasteiger partial charge is 0.139 e. The van der Waals surface area contributed by atoms with Crippen LogP contribution in [-0.2, 0) is 0 Å². The Hall–Kier alpha value is -1.68. The van der Waals surface area contributed by atoms with Crippen molar-refractivity contribution >= 4 is 12.2 Å². The van der Waals surface area contributed by atoms with Gasteiger partial charge < -0.3 is 9.72 Å². The van der Waals surface area contributed by atoms with Crippen LogP contribution in [0.2, 0.25) is 0 Å². The summed E-state index contributed by atoms with van der Waals surface area (Å²) in [6.07, 6.45) is 0. The van der Waals surface area contributed by atoms with Gasteiger partial charge >= 0.3 is 0 Å². The van der Waals surface area contributed by atoms with Gasteiger partial charge in [0.1, 0.15) is 16.2 Å². The fourth-order valence-electron chi connectivity index (χ4n) is 1.69. The van der Waals surface area contributed by atoms with E-state index >= 15 is 0 Å². The third-order valence-corrected chi connectivity index (χ3v) is 2.94. The molecule has 1 aromatic carbocycles. The molecule has 0 aliphatic rings. The second-order valence-electron chi connectivity index (χ2n) is 4.41. The summed E-state index contributed by atoms with van der Waals surface area (Å²) >= 11 is 5.21. The van der Waals surface area contributed by atoms with Gasteiger partial charge in [0.05, 0.1) is 7.11 Å². The van der Waals surface area contributed by atoms with Crippen LogP contribution in [0.15, 0.2) is 30.3 Å². The van der Waals surface area contributed by atoms with Crippen molar-refractivity contribution in [1.29, 1.82) is 0 Å². The monoisotopic (exact) mass is 260 g/mol. The Morgan fingerprint density at radius 2 is 2.06 bits per heavy atom. The number of hydrogen-bond donors (Lipinski definition) is 1. The molecule has 0 radical (unpaired) electrons. The number of ether oxygens (including phenoxy) is 1. The fraction of sp³-hybridized carbons (Fsp3) is 0.286. The summed E-state index contributed by atoms with van der Waals surface area (Å²) in [5.41, 5.74) is 2.07. The zero-order valence-corrected chi connectivity index (χ0v) is 11.5. The molecular weight excluding hydrogens is 244 g/mol. The molecule has 2 aromatic rings. The van der Waals surface area contributed by atoms with Crippen molar-refractivity contribution in [3.63, 3.8) is 0 Å². The van der Waals surface area contributed by atoms with Gasteiger partial charge in [0.25, 0.3) is 0 Å². The Bertz CT molecular complexity index is 605. The minimum absolute atomic E-state index is 0.388. The Morgan fingerprint density at radius 1 is 1.28 bits per heavy atom. The van der Waals surface area contributed by atoms with E-state index in [1.165, 1.54) is 0 Å². The summed E-state index contributed by atoms with van der Waals surface area (Å²) < 4.78 is 5.82. The van der Waals surface area contributed by atoms with E-state index in [0.717, 1.165) is 22.8 Å². The zero-order chi connectivity index (χ0) is 13.1. The third kappa shape index (κ3) is 2.76. The molecule has 0 bridgehead atoms. The number of methoxy groups -OCH3 is 1. The number of H-pyrrole nitrogens is 1. The molecule has 0 spiro atoms. The van der Waals surface area contributed by atoms with Crippen LogP contribution < -0.4 is 4.74 Å². The normalized spacial score (nSPS) is 10.7. The average molecular weight is 260 g/mol.